The first-order valence-electron chi connectivity index (χ1n) is 7.48. The molecule has 0 unspecified atom stereocenters. The lowest BCUT2D eigenvalue weighted by Crippen LogP contribution is -2.14. The number of nitrogens with zero attached hydrogens (tertiary/aromatic N) is 2. The first kappa shape index (κ1) is 19.9. The quantitative estimate of drug-likeness (QED) is 0.543. The van der Waals surface area contributed by atoms with Crippen molar-refractivity contribution in [2.75, 3.05) is 7.11 Å². The Kier molecular flexibility index (Phi) is 5.78. The van der Waals surface area contributed by atoms with Crippen molar-refractivity contribution in [2.45, 2.75) is 13.1 Å². The second-order valence-corrected chi connectivity index (χ2v) is 5.37. The van der Waals surface area contributed by atoms with E-state index in [0.717, 1.165) is 18.2 Å². The van der Waals surface area contributed by atoms with Crippen LogP contribution in [0.1, 0.15) is 12.5 Å². The molecule has 4 N–H and O–H groups in total. The van der Waals surface area contributed by atoms with Gasteiger partial charge in [-0.1, -0.05) is 0 Å². The summed E-state index contributed by atoms with van der Waals surface area (Å²) in [4.78, 5) is 7.83. The van der Waals surface area contributed by atoms with Gasteiger partial charge in [-0.15, -0.1) is 0 Å². The topological polar surface area (TPSA) is 118 Å². The molecule has 0 aliphatic heterocycles. The van der Waals surface area contributed by atoms with Crippen molar-refractivity contribution in [1.29, 1.82) is 10.8 Å². The van der Waals surface area contributed by atoms with Gasteiger partial charge >= 0.3 is 12.2 Å². The van der Waals surface area contributed by atoms with Crippen molar-refractivity contribution >= 4 is 11.7 Å². The molecule has 0 spiro atoms. The zero-order chi connectivity index (χ0) is 20.2. The summed E-state index contributed by atoms with van der Waals surface area (Å²) in [6.07, 6.45) is -0.722. The minimum atomic E-state index is -4.58. The highest BCUT2D eigenvalue weighted by molar-refractivity contribution is 6.01. The van der Waals surface area contributed by atoms with Gasteiger partial charge in [-0.25, -0.2) is 9.97 Å². The normalized spacial score (nSPS) is 11.8. The Morgan fingerprint density at radius 2 is 1.81 bits per heavy atom. The van der Waals surface area contributed by atoms with Crippen LogP contribution in [0.15, 0.2) is 42.2 Å². The number of rotatable bonds is 5. The number of aromatic nitrogens is 2. The third-order valence-electron chi connectivity index (χ3n) is 3.42. The zero-order valence-corrected chi connectivity index (χ0v) is 14.4. The van der Waals surface area contributed by atoms with E-state index in [2.05, 4.69) is 9.97 Å². The predicted octanol–water partition coefficient (Wildman–Crippen LogP) is 3.41. The molecular formula is C17H16F3N5O2. The number of benzene rings is 1. The summed E-state index contributed by atoms with van der Waals surface area (Å²) in [6, 6.07) is 2.98. The van der Waals surface area contributed by atoms with Crippen LogP contribution in [-0.2, 0) is 6.18 Å². The molecule has 0 fully saturated rings. The van der Waals surface area contributed by atoms with E-state index in [1.54, 1.807) is 0 Å². The summed E-state index contributed by atoms with van der Waals surface area (Å²) >= 11 is 0. The van der Waals surface area contributed by atoms with Crippen LogP contribution in [-0.4, -0.2) is 28.8 Å². The largest absolute Gasteiger partial charge is 0.467 e. The molecule has 0 saturated carbocycles. The Hall–Kier alpha value is -3.43. The predicted molar refractivity (Wildman–Crippen MR) is 93.0 cm³/mol. The van der Waals surface area contributed by atoms with Gasteiger partial charge in [0.2, 0.25) is 5.90 Å². The van der Waals surface area contributed by atoms with Gasteiger partial charge < -0.3 is 15.2 Å². The molecule has 142 valence electrons. The van der Waals surface area contributed by atoms with E-state index in [1.165, 1.54) is 32.5 Å². The summed E-state index contributed by atoms with van der Waals surface area (Å²) in [5, 5.41) is 15.1. The average Bonchev–Trinajstić information content (AvgIpc) is 2.60. The van der Waals surface area contributed by atoms with Gasteiger partial charge in [-0.2, -0.15) is 13.2 Å². The van der Waals surface area contributed by atoms with Gasteiger partial charge in [0, 0.05) is 29.6 Å². The van der Waals surface area contributed by atoms with Crippen molar-refractivity contribution in [1.82, 2.24) is 9.97 Å². The van der Waals surface area contributed by atoms with Gasteiger partial charge in [-0.05, 0) is 30.7 Å². The summed E-state index contributed by atoms with van der Waals surface area (Å²) in [5.41, 5.74) is 5.22. The second kappa shape index (κ2) is 7.85. The number of hydrogen-bond donors (Lipinski definition) is 3. The Morgan fingerprint density at radius 3 is 2.33 bits per heavy atom. The van der Waals surface area contributed by atoms with Crippen LogP contribution >= 0.6 is 0 Å². The molecule has 0 amide bonds. The molecule has 0 bridgehead atoms. The number of halogens is 3. The smallest absolute Gasteiger partial charge is 0.416 e. The van der Waals surface area contributed by atoms with Crippen molar-refractivity contribution in [3.8, 4) is 22.9 Å². The number of methoxy groups -OCH3 is 1. The second-order valence-electron chi connectivity index (χ2n) is 5.37. The molecule has 1 heterocycles. The van der Waals surface area contributed by atoms with Crippen molar-refractivity contribution in [3.63, 3.8) is 0 Å². The molecular weight excluding hydrogens is 363 g/mol. The van der Waals surface area contributed by atoms with E-state index in [4.69, 9.17) is 26.0 Å². The number of ether oxygens (including phenoxy) is 2. The van der Waals surface area contributed by atoms with Crippen molar-refractivity contribution < 1.29 is 22.6 Å². The molecule has 7 nitrogen and oxygen atoms in total. The SMILES string of the molecule is COc1ncc(-c2ccc(C(F)(F)F)cc2OC(=N)/C=C(/C)C(=N)N)cn1. The number of hydrogen-bond acceptors (Lipinski definition) is 6. The van der Waals surface area contributed by atoms with Crippen molar-refractivity contribution in [3.05, 3.63) is 47.8 Å². The lowest BCUT2D eigenvalue weighted by molar-refractivity contribution is -0.137. The highest BCUT2D eigenvalue weighted by Gasteiger charge is 2.31. The zero-order valence-electron chi connectivity index (χ0n) is 14.4. The maximum Gasteiger partial charge on any atom is 0.416 e. The van der Waals surface area contributed by atoms with Crippen LogP contribution < -0.4 is 15.2 Å². The summed E-state index contributed by atoms with van der Waals surface area (Å²) < 4.78 is 49.3. The standard InChI is InChI=1S/C17H16F3N5O2/c1-9(15(22)23)5-14(21)27-13-6-11(17(18,19)20)3-4-12(13)10-7-24-16(26-2)25-8-10/h3-8,21H,1-2H3,(H3,22,23)/b9-5-,21-14?. The van der Waals surface area contributed by atoms with Crippen molar-refractivity contribution in [2.24, 2.45) is 5.73 Å². The average molecular weight is 379 g/mol. The molecule has 0 saturated heterocycles. The third kappa shape index (κ3) is 5.03. The molecule has 0 aliphatic carbocycles. The third-order valence-corrected chi connectivity index (χ3v) is 3.42. The first-order valence-corrected chi connectivity index (χ1v) is 7.48. The Balaban J connectivity index is 2.48. The van der Waals surface area contributed by atoms with Crippen LogP contribution in [0.2, 0.25) is 0 Å². The van der Waals surface area contributed by atoms with E-state index in [1.807, 2.05) is 0 Å². The van der Waals surface area contributed by atoms with E-state index >= 15 is 0 Å². The van der Waals surface area contributed by atoms with Crippen LogP contribution in [0, 0.1) is 10.8 Å². The maximum atomic E-state index is 13.0. The fourth-order valence-electron chi connectivity index (χ4n) is 2.00. The highest BCUT2D eigenvalue weighted by Crippen LogP contribution is 2.37. The minimum Gasteiger partial charge on any atom is -0.467 e. The number of amidine groups is 1. The van der Waals surface area contributed by atoms with Crippen LogP contribution in [0.3, 0.4) is 0 Å². The van der Waals surface area contributed by atoms with Crippen LogP contribution in [0.5, 0.6) is 11.8 Å². The Bertz CT molecular complexity index is 892. The molecule has 2 aromatic rings. The first-order chi connectivity index (χ1) is 12.6. The highest BCUT2D eigenvalue weighted by atomic mass is 19.4. The Labute approximate surface area is 152 Å². The number of nitrogens with one attached hydrogen (secondary N) is 2. The lowest BCUT2D eigenvalue weighted by atomic mass is 10.0. The van der Waals surface area contributed by atoms with Crippen LogP contribution in [0.4, 0.5) is 13.2 Å². The summed E-state index contributed by atoms with van der Waals surface area (Å²) in [6.45, 7) is 1.48. The molecule has 2 rings (SSSR count). The molecule has 0 atom stereocenters. The van der Waals surface area contributed by atoms with E-state index in [9.17, 15) is 13.2 Å². The van der Waals surface area contributed by atoms with Gasteiger partial charge in [0.15, 0.2) is 0 Å². The summed E-state index contributed by atoms with van der Waals surface area (Å²) in [5.74, 6) is -0.968. The van der Waals surface area contributed by atoms with Gasteiger partial charge in [0.1, 0.15) is 11.6 Å². The van der Waals surface area contributed by atoms with Gasteiger partial charge in [0.05, 0.1) is 12.7 Å². The molecule has 10 heteroatoms. The molecule has 0 radical (unpaired) electrons. The Morgan fingerprint density at radius 1 is 1.19 bits per heavy atom. The molecule has 0 aliphatic rings. The van der Waals surface area contributed by atoms with E-state index < -0.39 is 17.6 Å². The van der Waals surface area contributed by atoms with E-state index in [-0.39, 0.29) is 28.7 Å². The maximum absolute atomic E-state index is 13.0. The molecule has 1 aromatic heterocycles. The van der Waals surface area contributed by atoms with Gasteiger partial charge in [0.25, 0.3) is 0 Å². The minimum absolute atomic E-state index is 0.0980. The molecule has 1 aromatic carbocycles. The number of nitrogens with two attached hydrogens (primary N) is 1. The summed E-state index contributed by atoms with van der Waals surface area (Å²) in [7, 11) is 1.38. The fraction of sp³-hybridized carbons (Fsp3) is 0.176. The number of alkyl halides is 3. The monoisotopic (exact) mass is 379 g/mol. The fourth-order valence-corrected chi connectivity index (χ4v) is 2.00. The lowest BCUT2D eigenvalue weighted by Gasteiger charge is -2.14. The van der Waals surface area contributed by atoms with Gasteiger partial charge in [-0.3, -0.25) is 10.8 Å². The van der Waals surface area contributed by atoms with E-state index in [0.29, 0.717) is 5.56 Å². The van der Waals surface area contributed by atoms with Crippen LogP contribution in [0.25, 0.3) is 11.1 Å². The molecule has 27 heavy (non-hydrogen) atoms.